The maximum atomic E-state index is 14.2. The van der Waals surface area contributed by atoms with Crippen molar-refractivity contribution < 1.29 is 17.2 Å². The van der Waals surface area contributed by atoms with Crippen molar-refractivity contribution in [2.75, 3.05) is 23.1 Å². The molecule has 2 aromatic carbocycles. The van der Waals surface area contributed by atoms with Crippen LogP contribution in [0.4, 0.5) is 25.8 Å². The Bertz CT molecular complexity index is 996. The van der Waals surface area contributed by atoms with Gasteiger partial charge in [0.2, 0.25) is 0 Å². The van der Waals surface area contributed by atoms with Gasteiger partial charge in [-0.1, -0.05) is 13.8 Å². The van der Waals surface area contributed by atoms with Crippen LogP contribution in [0.15, 0.2) is 36.4 Å². The first-order valence-corrected chi connectivity index (χ1v) is 12.2. The molecule has 3 rings (SSSR count). The predicted molar refractivity (Wildman–Crippen MR) is 124 cm³/mol. The largest absolute Gasteiger partial charge is 0.351 e. The molecular weight excluding hydrogens is 525 g/mol. The van der Waals surface area contributed by atoms with Crippen LogP contribution in [0.5, 0.6) is 0 Å². The van der Waals surface area contributed by atoms with E-state index in [-0.39, 0.29) is 23.1 Å². The minimum absolute atomic E-state index is 0.127. The van der Waals surface area contributed by atoms with Gasteiger partial charge < -0.3 is 10.6 Å². The van der Waals surface area contributed by atoms with Crippen LogP contribution >= 0.6 is 22.6 Å². The van der Waals surface area contributed by atoms with Gasteiger partial charge in [0.05, 0.1) is 17.1 Å². The van der Waals surface area contributed by atoms with Gasteiger partial charge in [-0.3, -0.25) is 4.72 Å². The second-order valence-electron chi connectivity index (χ2n) is 7.54. The Kier molecular flexibility index (Phi) is 7.53. The lowest BCUT2D eigenvalue weighted by atomic mass is 10.1. The van der Waals surface area contributed by atoms with Crippen molar-refractivity contribution in [2.24, 2.45) is 0 Å². The highest BCUT2D eigenvalue weighted by atomic mass is 127. The van der Waals surface area contributed by atoms with E-state index in [9.17, 15) is 17.2 Å². The molecule has 1 fully saturated rings. The van der Waals surface area contributed by atoms with Crippen LogP contribution < -0.4 is 15.4 Å². The quantitative estimate of drug-likeness (QED) is 0.446. The van der Waals surface area contributed by atoms with Crippen LogP contribution in [-0.4, -0.2) is 37.9 Å². The van der Waals surface area contributed by atoms with Crippen molar-refractivity contribution in [2.45, 2.75) is 38.8 Å². The Balaban J connectivity index is 1.76. The molecule has 0 radical (unpaired) electrons. The molecule has 2 aromatic rings. The van der Waals surface area contributed by atoms with Crippen LogP contribution in [0.25, 0.3) is 0 Å². The third-order valence-electron chi connectivity index (χ3n) is 4.78. The van der Waals surface area contributed by atoms with Crippen molar-refractivity contribution in [3.63, 3.8) is 0 Å². The summed E-state index contributed by atoms with van der Waals surface area (Å²) in [7, 11) is -3.83. The van der Waals surface area contributed by atoms with E-state index in [0.29, 0.717) is 35.5 Å². The van der Waals surface area contributed by atoms with E-state index in [2.05, 4.69) is 29.2 Å². The maximum Gasteiger partial charge on any atom is 0.301 e. The molecule has 1 aliphatic heterocycles. The van der Waals surface area contributed by atoms with E-state index >= 15 is 0 Å². The average Bonchev–Trinajstić information content (AvgIpc) is 2.66. The van der Waals surface area contributed by atoms with E-state index in [0.717, 1.165) is 12.1 Å². The molecule has 0 saturated carbocycles. The Hall–Kier alpha value is -1.50. The number of rotatable bonds is 7. The summed E-state index contributed by atoms with van der Waals surface area (Å²) in [5.41, 5.74) is 0.411. The third kappa shape index (κ3) is 6.02. The van der Waals surface area contributed by atoms with Gasteiger partial charge >= 0.3 is 10.2 Å². The number of nitrogens with zero attached hydrogens (tertiary/aromatic N) is 1. The monoisotopic (exact) mass is 550 g/mol. The number of benzene rings is 2. The fourth-order valence-electron chi connectivity index (χ4n) is 3.38. The van der Waals surface area contributed by atoms with E-state index < -0.39 is 21.8 Å². The molecule has 0 aromatic heterocycles. The Labute approximate surface area is 189 Å². The molecule has 6 nitrogen and oxygen atoms in total. The first-order chi connectivity index (χ1) is 14.1. The van der Waals surface area contributed by atoms with Gasteiger partial charge in [-0.25, -0.2) is 8.78 Å². The lowest BCUT2D eigenvalue weighted by Crippen LogP contribution is -2.48. The molecule has 0 bridgehead atoms. The zero-order valence-electron chi connectivity index (χ0n) is 16.8. The summed E-state index contributed by atoms with van der Waals surface area (Å²) in [6.07, 6.45) is 1.42. The van der Waals surface area contributed by atoms with E-state index in [1.54, 1.807) is 6.07 Å². The number of nitrogens with one attached hydrogen (secondary N) is 3. The van der Waals surface area contributed by atoms with E-state index in [4.69, 9.17) is 0 Å². The van der Waals surface area contributed by atoms with Gasteiger partial charge in [0.25, 0.3) is 0 Å². The second-order valence-corrected chi connectivity index (χ2v) is 10.5. The number of anilines is 3. The molecule has 1 heterocycles. The van der Waals surface area contributed by atoms with Crippen molar-refractivity contribution in [3.05, 3.63) is 51.6 Å². The van der Waals surface area contributed by atoms with Crippen molar-refractivity contribution in [1.82, 2.24) is 9.62 Å². The summed E-state index contributed by atoms with van der Waals surface area (Å²) in [4.78, 5) is 0. The lowest BCUT2D eigenvalue weighted by Gasteiger charge is -2.33. The fourth-order valence-corrected chi connectivity index (χ4v) is 5.11. The minimum atomic E-state index is -3.83. The van der Waals surface area contributed by atoms with Crippen LogP contribution in [-0.2, 0) is 10.2 Å². The van der Waals surface area contributed by atoms with E-state index in [1.165, 1.54) is 22.5 Å². The van der Waals surface area contributed by atoms with Gasteiger partial charge in [-0.15, -0.1) is 0 Å². The molecule has 1 saturated heterocycles. The number of hydrogen-bond acceptors (Lipinski definition) is 4. The Morgan fingerprint density at radius 2 is 1.70 bits per heavy atom. The highest BCUT2D eigenvalue weighted by molar-refractivity contribution is 14.1. The van der Waals surface area contributed by atoms with Crippen molar-refractivity contribution >= 4 is 49.9 Å². The standard InChI is InChI=1S/C20H25F2IN4O2S/c1-13(2)24-16-7-9-27(10-8-16)30(28,29)26-19-5-3-14(21)11-20(19)25-18-6-4-15(23)12-17(18)22/h3-6,11-13,16,24-26H,7-10H2,1-2H3. The summed E-state index contributed by atoms with van der Waals surface area (Å²) in [6, 6.07) is 8.79. The Morgan fingerprint density at radius 3 is 2.33 bits per heavy atom. The van der Waals surface area contributed by atoms with Crippen molar-refractivity contribution in [3.8, 4) is 0 Å². The van der Waals surface area contributed by atoms with Crippen LogP contribution in [0.3, 0.4) is 0 Å². The first-order valence-electron chi connectivity index (χ1n) is 9.69. The van der Waals surface area contributed by atoms with Crippen molar-refractivity contribution in [1.29, 1.82) is 0 Å². The third-order valence-corrected chi connectivity index (χ3v) is 6.98. The number of hydrogen-bond donors (Lipinski definition) is 3. The normalized spacial score (nSPS) is 16.1. The van der Waals surface area contributed by atoms with Crippen LogP contribution in [0.2, 0.25) is 0 Å². The summed E-state index contributed by atoms with van der Waals surface area (Å²) in [6.45, 7) is 4.89. The topological polar surface area (TPSA) is 73.5 Å². The van der Waals surface area contributed by atoms with Gasteiger partial charge in [-0.05, 0) is 71.8 Å². The van der Waals surface area contributed by atoms with Crippen LogP contribution in [0.1, 0.15) is 26.7 Å². The summed E-state index contributed by atoms with van der Waals surface area (Å²) in [5, 5.41) is 6.21. The number of halogens is 3. The molecular formula is C20H25F2IN4O2S. The maximum absolute atomic E-state index is 14.2. The van der Waals surface area contributed by atoms with Gasteiger partial charge in [-0.2, -0.15) is 12.7 Å². The fraction of sp³-hybridized carbons (Fsp3) is 0.400. The molecule has 164 valence electrons. The van der Waals surface area contributed by atoms with Gasteiger partial charge in [0.1, 0.15) is 11.6 Å². The molecule has 30 heavy (non-hydrogen) atoms. The minimum Gasteiger partial charge on any atom is -0.351 e. The molecule has 0 atom stereocenters. The lowest BCUT2D eigenvalue weighted by molar-refractivity contribution is 0.281. The highest BCUT2D eigenvalue weighted by Gasteiger charge is 2.28. The van der Waals surface area contributed by atoms with Crippen LogP contribution in [0, 0.1) is 15.2 Å². The zero-order chi connectivity index (χ0) is 21.9. The first kappa shape index (κ1) is 23.2. The van der Waals surface area contributed by atoms with Gasteiger partial charge in [0.15, 0.2) is 0 Å². The second kappa shape index (κ2) is 9.75. The summed E-state index contributed by atoms with van der Waals surface area (Å²) in [5.74, 6) is -1.08. The average molecular weight is 550 g/mol. The molecule has 0 amide bonds. The molecule has 10 heteroatoms. The number of piperidine rings is 1. The van der Waals surface area contributed by atoms with Gasteiger partial charge in [0, 0.05) is 28.7 Å². The SMILES string of the molecule is CC(C)NC1CCN(S(=O)(=O)Nc2ccc(F)cc2Nc2ccc(I)cc2F)CC1. The smallest absolute Gasteiger partial charge is 0.301 e. The predicted octanol–water partition coefficient (Wildman–Crippen LogP) is 4.43. The van der Waals surface area contributed by atoms with E-state index in [1.807, 2.05) is 22.6 Å². The molecule has 1 aliphatic rings. The molecule has 3 N–H and O–H groups in total. The molecule has 0 spiro atoms. The summed E-state index contributed by atoms with van der Waals surface area (Å²) >= 11 is 1.99. The molecule has 0 aliphatic carbocycles. The zero-order valence-corrected chi connectivity index (χ0v) is 19.7. The highest BCUT2D eigenvalue weighted by Crippen LogP contribution is 2.30. The Morgan fingerprint density at radius 1 is 1.03 bits per heavy atom. The molecule has 0 unspecified atom stereocenters. The summed E-state index contributed by atoms with van der Waals surface area (Å²) < 4.78 is 58.4.